The van der Waals surface area contributed by atoms with E-state index in [1.165, 1.54) is 37.8 Å². The quantitative estimate of drug-likeness (QED) is 0.322. The number of methoxy groups -OCH3 is 2. The molecule has 0 fully saturated rings. The Morgan fingerprint density at radius 1 is 0.971 bits per heavy atom. The van der Waals surface area contributed by atoms with Crippen molar-refractivity contribution in [1.82, 2.24) is 4.57 Å². The van der Waals surface area contributed by atoms with Crippen LogP contribution in [0, 0.1) is 5.82 Å². The highest BCUT2D eigenvalue weighted by molar-refractivity contribution is 7.17. The molecule has 0 spiro atoms. The SMILES string of the molecule is COc1ccc(C(=O)CCC(=O)c2cn(C)cc(-c3csc4c(F)cccc34)c2=O)cc1OC. The minimum absolute atomic E-state index is 0.00383. The average molecular weight is 480 g/mol. The molecule has 2 heterocycles. The van der Waals surface area contributed by atoms with Crippen LogP contribution in [0.5, 0.6) is 11.5 Å². The lowest BCUT2D eigenvalue weighted by atomic mass is 9.99. The second-order valence-corrected chi connectivity index (χ2v) is 8.64. The van der Waals surface area contributed by atoms with E-state index in [4.69, 9.17) is 9.47 Å². The van der Waals surface area contributed by atoms with Crippen LogP contribution >= 0.6 is 11.3 Å². The molecule has 2 aromatic carbocycles. The second-order valence-electron chi connectivity index (χ2n) is 7.76. The zero-order valence-electron chi connectivity index (χ0n) is 18.9. The average Bonchev–Trinajstić information content (AvgIpc) is 3.28. The number of carbonyl (C=O) groups is 2. The van der Waals surface area contributed by atoms with Crippen LogP contribution in [0.1, 0.15) is 33.6 Å². The zero-order valence-corrected chi connectivity index (χ0v) is 19.7. The predicted molar refractivity (Wildman–Crippen MR) is 130 cm³/mol. The summed E-state index contributed by atoms with van der Waals surface area (Å²) in [5.74, 6) is -0.119. The van der Waals surface area contributed by atoms with E-state index in [9.17, 15) is 18.8 Å². The fourth-order valence-electron chi connectivity index (χ4n) is 3.84. The Labute approximate surface area is 199 Å². The number of ether oxygens (including phenoxy) is 2. The predicted octanol–water partition coefficient (Wildman–Crippen LogP) is 5.27. The Morgan fingerprint density at radius 3 is 2.44 bits per heavy atom. The molecule has 0 aliphatic rings. The van der Waals surface area contributed by atoms with E-state index in [0.29, 0.717) is 38.3 Å². The molecular weight excluding hydrogens is 457 g/mol. The van der Waals surface area contributed by atoms with Gasteiger partial charge in [0, 0.05) is 59.7 Å². The van der Waals surface area contributed by atoms with Crippen molar-refractivity contribution in [3.63, 3.8) is 0 Å². The van der Waals surface area contributed by atoms with Crippen molar-refractivity contribution in [2.75, 3.05) is 14.2 Å². The van der Waals surface area contributed by atoms with Crippen LogP contribution in [-0.2, 0) is 7.05 Å². The number of nitrogens with zero attached hydrogens (tertiary/aromatic N) is 1. The molecule has 4 rings (SSSR count). The third-order valence-corrected chi connectivity index (χ3v) is 6.59. The maximum atomic E-state index is 14.1. The van der Waals surface area contributed by atoms with Gasteiger partial charge in [-0.1, -0.05) is 12.1 Å². The van der Waals surface area contributed by atoms with Crippen molar-refractivity contribution < 1.29 is 23.5 Å². The molecule has 6 nitrogen and oxygen atoms in total. The molecule has 0 aliphatic heterocycles. The first-order valence-electron chi connectivity index (χ1n) is 10.5. The van der Waals surface area contributed by atoms with Crippen molar-refractivity contribution in [3.8, 4) is 22.6 Å². The van der Waals surface area contributed by atoms with Crippen molar-refractivity contribution in [2.45, 2.75) is 12.8 Å². The van der Waals surface area contributed by atoms with Crippen molar-refractivity contribution in [1.29, 1.82) is 0 Å². The lowest BCUT2D eigenvalue weighted by Crippen LogP contribution is -2.20. The molecule has 0 saturated heterocycles. The lowest BCUT2D eigenvalue weighted by Gasteiger charge is -2.10. The third kappa shape index (κ3) is 4.36. The van der Waals surface area contributed by atoms with Gasteiger partial charge in [0.2, 0.25) is 0 Å². The summed E-state index contributed by atoms with van der Waals surface area (Å²) < 4.78 is 26.6. The molecule has 0 amide bonds. The van der Waals surface area contributed by atoms with Gasteiger partial charge in [0.1, 0.15) is 5.82 Å². The largest absolute Gasteiger partial charge is 0.493 e. The second kappa shape index (κ2) is 9.61. The summed E-state index contributed by atoms with van der Waals surface area (Å²) in [5.41, 5.74) is 0.841. The molecule has 34 heavy (non-hydrogen) atoms. The topological polar surface area (TPSA) is 74.6 Å². The Bertz CT molecular complexity index is 1470. The molecule has 2 aromatic heterocycles. The van der Waals surface area contributed by atoms with Crippen LogP contribution in [0.25, 0.3) is 21.2 Å². The number of hydrogen-bond donors (Lipinski definition) is 0. The van der Waals surface area contributed by atoms with Crippen LogP contribution in [0.15, 0.2) is 59.0 Å². The number of Topliss-reactive ketones (excluding diaryl/α,β-unsaturated/α-hetero) is 2. The van der Waals surface area contributed by atoms with E-state index in [2.05, 4.69) is 0 Å². The Balaban J connectivity index is 1.60. The minimum Gasteiger partial charge on any atom is -0.493 e. The normalized spacial score (nSPS) is 10.9. The van der Waals surface area contributed by atoms with Gasteiger partial charge in [-0.25, -0.2) is 4.39 Å². The van der Waals surface area contributed by atoms with Crippen LogP contribution < -0.4 is 14.9 Å². The molecule has 0 bridgehead atoms. The summed E-state index contributed by atoms with van der Waals surface area (Å²) in [6.07, 6.45) is 2.91. The van der Waals surface area contributed by atoms with Gasteiger partial charge >= 0.3 is 0 Å². The van der Waals surface area contributed by atoms with E-state index in [1.807, 2.05) is 0 Å². The number of halogens is 1. The zero-order chi connectivity index (χ0) is 24.4. The van der Waals surface area contributed by atoms with E-state index < -0.39 is 11.2 Å². The van der Waals surface area contributed by atoms with Gasteiger partial charge in [-0.15, -0.1) is 11.3 Å². The van der Waals surface area contributed by atoms with Crippen LogP contribution in [0.4, 0.5) is 4.39 Å². The summed E-state index contributed by atoms with van der Waals surface area (Å²) in [7, 11) is 4.69. The maximum Gasteiger partial charge on any atom is 0.200 e. The van der Waals surface area contributed by atoms with Gasteiger partial charge in [-0.2, -0.15) is 0 Å². The molecule has 0 atom stereocenters. The van der Waals surface area contributed by atoms with Crippen molar-refractivity contribution in [2.24, 2.45) is 7.05 Å². The number of rotatable bonds is 8. The summed E-state index contributed by atoms with van der Waals surface area (Å²) in [4.78, 5) is 38.8. The number of aryl methyl sites for hydroxylation is 1. The highest BCUT2D eigenvalue weighted by Crippen LogP contribution is 2.34. The van der Waals surface area contributed by atoms with Crippen molar-refractivity contribution in [3.05, 3.63) is 81.3 Å². The van der Waals surface area contributed by atoms with Gasteiger partial charge in [0.05, 0.1) is 24.5 Å². The molecular formula is C26H22FNO5S. The molecule has 0 N–H and O–H groups in total. The number of thiophene rings is 1. The fraction of sp³-hybridized carbons (Fsp3) is 0.192. The van der Waals surface area contributed by atoms with E-state index in [1.54, 1.807) is 53.5 Å². The van der Waals surface area contributed by atoms with E-state index in [0.717, 1.165) is 0 Å². The Morgan fingerprint density at radius 2 is 1.71 bits per heavy atom. The summed E-state index contributed by atoms with van der Waals surface area (Å²) in [5, 5.41) is 2.34. The molecule has 8 heteroatoms. The van der Waals surface area contributed by atoms with Gasteiger partial charge in [0.25, 0.3) is 0 Å². The van der Waals surface area contributed by atoms with Crippen LogP contribution in [-0.4, -0.2) is 30.4 Å². The highest BCUT2D eigenvalue weighted by Gasteiger charge is 2.20. The van der Waals surface area contributed by atoms with E-state index >= 15 is 0 Å². The summed E-state index contributed by atoms with van der Waals surface area (Å²) in [6.45, 7) is 0. The van der Waals surface area contributed by atoms with Crippen LogP contribution in [0.2, 0.25) is 0 Å². The smallest absolute Gasteiger partial charge is 0.200 e. The first-order chi connectivity index (χ1) is 16.3. The first kappa shape index (κ1) is 23.4. The standard InChI is InChI=1S/C26H22FNO5S/c1-28-12-17(19-14-34-26-16(19)5-4-6-20(26)27)25(31)18(13-28)22(30)9-8-21(29)15-7-10-23(32-2)24(11-15)33-3/h4-7,10-14H,8-9H2,1-3H3. The number of fused-ring (bicyclic) bond motifs is 1. The van der Waals surface area contributed by atoms with Gasteiger partial charge in [-0.05, 0) is 24.3 Å². The van der Waals surface area contributed by atoms with Gasteiger partial charge < -0.3 is 14.0 Å². The maximum absolute atomic E-state index is 14.1. The minimum atomic E-state index is -0.439. The number of hydrogen-bond acceptors (Lipinski definition) is 6. The summed E-state index contributed by atoms with van der Waals surface area (Å²) in [6, 6.07) is 9.51. The molecule has 0 saturated carbocycles. The number of pyridine rings is 1. The molecule has 4 aromatic rings. The Kier molecular flexibility index (Phi) is 6.61. The molecule has 0 radical (unpaired) electrons. The molecule has 174 valence electrons. The third-order valence-electron chi connectivity index (χ3n) is 5.58. The van der Waals surface area contributed by atoms with Crippen LogP contribution in [0.3, 0.4) is 0 Å². The van der Waals surface area contributed by atoms with Crippen molar-refractivity contribution >= 4 is 33.0 Å². The first-order valence-corrected chi connectivity index (χ1v) is 11.4. The monoisotopic (exact) mass is 479 g/mol. The fourth-order valence-corrected chi connectivity index (χ4v) is 4.82. The van der Waals surface area contributed by atoms with Gasteiger partial charge in [0.15, 0.2) is 28.5 Å². The summed E-state index contributed by atoms with van der Waals surface area (Å²) >= 11 is 1.21. The lowest BCUT2D eigenvalue weighted by molar-refractivity contribution is 0.0916. The van der Waals surface area contributed by atoms with E-state index in [-0.39, 0.29) is 30.0 Å². The molecule has 0 aliphatic carbocycles. The number of carbonyl (C=O) groups excluding carboxylic acids is 2. The number of benzene rings is 2. The number of aromatic nitrogens is 1. The Hall–Kier alpha value is -3.78. The highest BCUT2D eigenvalue weighted by atomic mass is 32.1. The van der Waals surface area contributed by atoms with Gasteiger partial charge in [-0.3, -0.25) is 14.4 Å². The molecule has 0 unspecified atom stereocenters. The number of ketones is 2.